The van der Waals surface area contributed by atoms with Gasteiger partial charge >= 0.3 is 0 Å². The normalized spacial score (nSPS) is 11.7. The van der Waals surface area contributed by atoms with Gasteiger partial charge in [0.25, 0.3) is 0 Å². The zero-order valence-electron chi connectivity index (χ0n) is 9.83. The number of benzene rings is 1. The molecule has 0 fully saturated rings. The summed E-state index contributed by atoms with van der Waals surface area (Å²) in [6.07, 6.45) is 1.53. The van der Waals surface area contributed by atoms with Crippen molar-refractivity contribution in [2.24, 2.45) is 5.73 Å². The Labute approximate surface area is 118 Å². The van der Waals surface area contributed by atoms with Crippen LogP contribution in [0.3, 0.4) is 0 Å². The van der Waals surface area contributed by atoms with Crippen molar-refractivity contribution in [2.45, 2.75) is 18.6 Å². The van der Waals surface area contributed by atoms with E-state index in [9.17, 15) is 8.42 Å². The number of nitrogens with one attached hydrogen (secondary N) is 1. The highest BCUT2D eigenvalue weighted by Crippen LogP contribution is 2.23. The Balaban J connectivity index is 2.56. The Kier molecular flexibility index (Phi) is 6.38. The quantitative estimate of drug-likeness (QED) is 0.758. The van der Waals surface area contributed by atoms with E-state index < -0.39 is 10.0 Å². The molecule has 18 heavy (non-hydrogen) atoms. The highest BCUT2D eigenvalue weighted by Gasteiger charge is 2.11. The lowest BCUT2D eigenvalue weighted by molar-refractivity contribution is 0.576. The molecule has 7 heteroatoms. The van der Waals surface area contributed by atoms with E-state index in [4.69, 9.17) is 28.9 Å². The van der Waals surface area contributed by atoms with E-state index in [-0.39, 0.29) is 5.75 Å². The fraction of sp³-hybridized carbons (Fsp3) is 0.455. The molecule has 0 saturated carbocycles. The molecule has 1 aromatic rings. The molecule has 0 radical (unpaired) electrons. The zero-order valence-corrected chi connectivity index (χ0v) is 12.2. The molecule has 4 nitrogen and oxygen atoms in total. The summed E-state index contributed by atoms with van der Waals surface area (Å²) in [5.74, 6) is -0.105. The van der Waals surface area contributed by atoms with E-state index in [0.717, 1.165) is 12.8 Å². The molecule has 0 aliphatic rings. The van der Waals surface area contributed by atoms with Gasteiger partial charge in [0, 0.05) is 6.54 Å². The average molecular weight is 311 g/mol. The standard InChI is InChI=1S/C11H16Cl2N2O2S/c12-10-4-3-9(7-11(10)13)8-18(16,17)15-6-2-1-5-14/h3-4,7,15H,1-2,5-6,8,14H2. The second kappa shape index (κ2) is 7.31. The smallest absolute Gasteiger partial charge is 0.215 e. The van der Waals surface area contributed by atoms with Crippen LogP contribution in [-0.4, -0.2) is 21.5 Å². The fourth-order valence-electron chi connectivity index (χ4n) is 1.40. The minimum atomic E-state index is -3.34. The van der Waals surface area contributed by atoms with Crippen molar-refractivity contribution in [3.8, 4) is 0 Å². The van der Waals surface area contributed by atoms with Gasteiger partial charge in [-0.1, -0.05) is 29.3 Å². The molecule has 3 N–H and O–H groups in total. The van der Waals surface area contributed by atoms with Gasteiger partial charge in [0.15, 0.2) is 0 Å². The first-order valence-electron chi connectivity index (χ1n) is 5.56. The predicted octanol–water partition coefficient (Wildman–Crippen LogP) is 2.15. The summed E-state index contributed by atoms with van der Waals surface area (Å²) in [4.78, 5) is 0. The van der Waals surface area contributed by atoms with Gasteiger partial charge in [-0.15, -0.1) is 0 Å². The van der Waals surface area contributed by atoms with Crippen LogP contribution in [0.4, 0.5) is 0 Å². The van der Waals surface area contributed by atoms with Crippen LogP contribution < -0.4 is 10.5 Å². The average Bonchev–Trinajstić information content (AvgIpc) is 2.29. The Morgan fingerprint density at radius 1 is 1.17 bits per heavy atom. The summed E-state index contributed by atoms with van der Waals surface area (Å²) in [5, 5.41) is 0.765. The maximum absolute atomic E-state index is 11.7. The highest BCUT2D eigenvalue weighted by molar-refractivity contribution is 7.88. The summed E-state index contributed by atoms with van der Waals surface area (Å²) in [7, 11) is -3.34. The van der Waals surface area contributed by atoms with Crippen LogP contribution >= 0.6 is 23.2 Å². The summed E-state index contributed by atoms with van der Waals surface area (Å²) in [6.45, 7) is 0.968. The number of hydrogen-bond donors (Lipinski definition) is 2. The second-order valence-corrected chi connectivity index (χ2v) is 6.52. The molecule has 0 unspecified atom stereocenters. The largest absolute Gasteiger partial charge is 0.330 e. The van der Waals surface area contributed by atoms with Crippen molar-refractivity contribution >= 4 is 33.2 Å². The third-order valence-corrected chi connectivity index (χ3v) is 4.39. The number of hydrogen-bond acceptors (Lipinski definition) is 3. The Morgan fingerprint density at radius 3 is 2.50 bits per heavy atom. The van der Waals surface area contributed by atoms with Crippen molar-refractivity contribution in [1.82, 2.24) is 4.72 Å². The molecule has 0 amide bonds. The van der Waals surface area contributed by atoms with Crippen LogP contribution in [0.1, 0.15) is 18.4 Å². The summed E-state index contributed by atoms with van der Waals surface area (Å²) >= 11 is 11.6. The van der Waals surface area contributed by atoms with E-state index in [2.05, 4.69) is 4.72 Å². The molecule has 0 atom stereocenters. The van der Waals surface area contributed by atoms with Gasteiger partial charge in [-0.2, -0.15) is 0 Å². The van der Waals surface area contributed by atoms with E-state index in [1.54, 1.807) is 18.2 Å². The van der Waals surface area contributed by atoms with Crippen molar-refractivity contribution < 1.29 is 8.42 Å². The lowest BCUT2D eigenvalue weighted by Gasteiger charge is -2.07. The summed E-state index contributed by atoms with van der Waals surface area (Å²) in [5.41, 5.74) is 5.94. The maximum Gasteiger partial charge on any atom is 0.215 e. The third kappa shape index (κ3) is 5.54. The van der Waals surface area contributed by atoms with Crippen molar-refractivity contribution in [2.75, 3.05) is 13.1 Å². The lowest BCUT2D eigenvalue weighted by Crippen LogP contribution is -2.26. The molecular formula is C11H16Cl2N2O2S. The summed E-state index contributed by atoms with van der Waals surface area (Å²) < 4.78 is 26.0. The first-order valence-corrected chi connectivity index (χ1v) is 7.97. The molecular weight excluding hydrogens is 295 g/mol. The van der Waals surface area contributed by atoms with Crippen molar-refractivity contribution in [1.29, 1.82) is 0 Å². The third-order valence-electron chi connectivity index (χ3n) is 2.29. The minimum Gasteiger partial charge on any atom is -0.330 e. The Hall–Kier alpha value is -0.330. The van der Waals surface area contributed by atoms with Gasteiger partial charge in [-0.25, -0.2) is 13.1 Å². The molecule has 0 heterocycles. The van der Waals surface area contributed by atoms with E-state index in [1.165, 1.54) is 0 Å². The van der Waals surface area contributed by atoms with Gasteiger partial charge in [0.1, 0.15) is 0 Å². The Bertz CT molecular complexity index is 492. The first-order chi connectivity index (χ1) is 8.44. The molecule has 1 rings (SSSR count). The fourth-order valence-corrected chi connectivity index (χ4v) is 2.89. The van der Waals surface area contributed by atoms with E-state index in [1.807, 2.05) is 0 Å². The molecule has 0 aliphatic heterocycles. The van der Waals surface area contributed by atoms with Crippen LogP contribution in [0.5, 0.6) is 0 Å². The molecule has 1 aromatic carbocycles. The first kappa shape index (κ1) is 15.7. The maximum atomic E-state index is 11.7. The monoisotopic (exact) mass is 310 g/mol. The van der Waals surface area contributed by atoms with Crippen LogP contribution in [0.15, 0.2) is 18.2 Å². The van der Waals surface area contributed by atoms with Crippen LogP contribution in [-0.2, 0) is 15.8 Å². The van der Waals surface area contributed by atoms with Gasteiger partial charge in [-0.05, 0) is 37.1 Å². The summed E-state index contributed by atoms with van der Waals surface area (Å²) in [6, 6.07) is 4.79. The van der Waals surface area contributed by atoms with Crippen molar-refractivity contribution in [3.05, 3.63) is 33.8 Å². The molecule has 0 aromatic heterocycles. The molecule has 102 valence electrons. The van der Waals surface area contributed by atoms with Gasteiger partial charge in [-0.3, -0.25) is 0 Å². The minimum absolute atomic E-state index is 0.105. The van der Waals surface area contributed by atoms with E-state index in [0.29, 0.717) is 28.7 Å². The molecule has 0 aliphatic carbocycles. The highest BCUT2D eigenvalue weighted by atomic mass is 35.5. The predicted molar refractivity (Wildman–Crippen MR) is 75.4 cm³/mol. The number of nitrogens with two attached hydrogens (primary N) is 1. The number of rotatable bonds is 7. The Morgan fingerprint density at radius 2 is 1.89 bits per heavy atom. The lowest BCUT2D eigenvalue weighted by atomic mass is 10.2. The second-order valence-electron chi connectivity index (χ2n) is 3.90. The van der Waals surface area contributed by atoms with Gasteiger partial charge in [0.2, 0.25) is 10.0 Å². The van der Waals surface area contributed by atoms with Crippen LogP contribution in [0.25, 0.3) is 0 Å². The van der Waals surface area contributed by atoms with Gasteiger partial charge in [0.05, 0.1) is 15.8 Å². The zero-order chi connectivity index (χ0) is 13.6. The van der Waals surface area contributed by atoms with Crippen LogP contribution in [0, 0.1) is 0 Å². The number of halogens is 2. The SMILES string of the molecule is NCCCCNS(=O)(=O)Cc1ccc(Cl)c(Cl)c1. The molecule has 0 saturated heterocycles. The van der Waals surface area contributed by atoms with Crippen LogP contribution in [0.2, 0.25) is 10.0 Å². The van der Waals surface area contributed by atoms with Crippen molar-refractivity contribution in [3.63, 3.8) is 0 Å². The molecule has 0 bridgehead atoms. The van der Waals surface area contributed by atoms with E-state index >= 15 is 0 Å². The van der Waals surface area contributed by atoms with Gasteiger partial charge < -0.3 is 5.73 Å². The number of unbranched alkanes of at least 4 members (excludes halogenated alkanes) is 1. The molecule has 0 spiro atoms. The number of sulfonamides is 1. The topological polar surface area (TPSA) is 72.2 Å².